The van der Waals surface area contributed by atoms with Gasteiger partial charge in [0.1, 0.15) is 6.10 Å². The maximum atomic E-state index is 13.5. The molecule has 1 N–H and O–H groups in total. The van der Waals surface area contributed by atoms with Gasteiger partial charge in [0, 0.05) is 13.2 Å². The molecule has 0 radical (unpaired) electrons. The van der Waals surface area contributed by atoms with E-state index in [1.54, 1.807) is 6.92 Å². The zero-order valence-corrected chi connectivity index (χ0v) is 9.47. The van der Waals surface area contributed by atoms with Crippen molar-refractivity contribution in [2.24, 2.45) is 0 Å². The Bertz CT molecular complexity index is 396. The monoisotopic (exact) mass is 250 g/mol. The van der Waals surface area contributed by atoms with Gasteiger partial charge >= 0.3 is 0 Å². The van der Waals surface area contributed by atoms with Crippen LogP contribution in [0.15, 0.2) is 6.07 Å². The fourth-order valence-corrected chi connectivity index (χ4v) is 1.43. The van der Waals surface area contributed by atoms with E-state index in [4.69, 9.17) is 4.74 Å². The van der Waals surface area contributed by atoms with Crippen molar-refractivity contribution in [3.05, 3.63) is 29.1 Å². The molecular weight excluding hydrogens is 237 g/mol. The number of benzene rings is 1. The summed E-state index contributed by atoms with van der Waals surface area (Å²) in [5, 5.41) is 9.58. The summed E-state index contributed by atoms with van der Waals surface area (Å²) < 4.78 is 49.4. The molecule has 0 aliphatic heterocycles. The van der Waals surface area contributed by atoms with Gasteiger partial charge in [0.2, 0.25) is 0 Å². The average molecular weight is 250 g/mol. The number of hydrogen-bond donors (Lipinski definition) is 1. The van der Waals surface area contributed by atoms with Crippen molar-refractivity contribution in [1.29, 1.82) is 0 Å². The third-order valence-electron chi connectivity index (χ3n) is 2.11. The Kier molecular flexibility index (Phi) is 4.77. The predicted octanol–water partition coefficient (Wildman–Crippen LogP) is 2.18. The van der Waals surface area contributed by atoms with E-state index < -0.39 is 34.9 Å². The molecule has 1 atom stereocenters. The molecule has 3 nitrogen and oxygen atoms in total. The zero-order chi connectivity index (χ0) is 13.0. The second-order valence-electron chi connectivity index (χ2n) is 3.30. The summed E-state index contributed by atoms with van der Waals surface area (Å²) in [4.78, 5) is 0. The maximum absolute atomic E-state index is 13.5. The minimum atomic E-state index is -1.49. The second kappa shape index (κ2) is 5.88. The number of aliphatic hydroxyl groups excluding tert-OH is 1. The first-order valence-electron chi connectivity index (χ1n) is 5.00. The number of rotatable bonds is 5. The molecule has 6 heteroatoms. The molecule has 0 aromatic heterocycles. The first-order chi connectivity index (χ1) is 8.02. The summed E-state index contributed by atoms with van der Waals surface area (Å²) in [6, 6.07) is 0.378. The van der Waals surface area contributed by atoms with Crippen LogP contribution in [0, 0.1) is 17.5 Å². The summed E-state index contributed by atoms with van der Waals surface area (Å²) in [6.07, 6.45) is -1.49. The Balaban J connectivity index is 3.30. The third kappa shape index (κ3) is 2.89. The van der Waals surface area contributed by atoms with Crippen molar-refractivity contribution in [3.8, 4) is 5.75 Å². The van der Waals surface area contributed by atoms with Crippen molar-refractivity contribution in [3.63, 3.8) is 0 Å². The van der Waals surface area contributed by atoms with Gasteiger partial charge < -0.3 is 14.6 Å². The molecule has 0 bridgehead atoms. The molecule has 0 aliphatic carbocycles. The Morgan fingerprint density at radius 1 is 1.29 bits per heavy atom. The summed E-state index contributed by atoms with van der Waals surface area (Å²) in [7, 11) is 1.27. The van der Waals surface area contributed by atoms with Crippen molar-refractivity contribution in [2.75, 3.05) is 20.3 Å². The fraction of sp³-hybridized carbons (Fsp3) is 0.455. The fourth-order valence-electron chi connectivity index (χ4n) is 1.43. The molecule has 0 aliphatic rings. The van der Waals surface area contributed by atoms with Crippen LogP contribution in [-0.4, -0.2) is 25.4 Å². The van der Waals surface area contributed by atoms with Crippen molar-refractivity contribution >= 4 is 0 Å². The van der Waals surface area contributed by atoms with Gasteiger partial charge in [0.05, 0.1) is 18.8 Å². The Morgan fingerprint density at radius 3 is 2.47 bits per heavy atom. The molecule has 0 heterocycles. The van der Waals surface area contributed by atoms with E-state index in [0.29, 0.717) is 6.07 Å². The normalized spacial score (nSPS) is 12.6. The van der Waals surface area contributed by atoms with Gasteiger partial charge in [0.15, 0.2) is 23.2 Å². The van der Waals surface area contributed by atoms with Gasteiger partial charge in [-0.25, -0.2) is 13.2 Å². The van der Waals surface area contributed by atoms with E-state index in [2.05, 4.69) is 4.74 Å². The quantitative estimate of drug-likeness (QED) is 0.814. The number of methoxy groups -OCH3 is 1. The van der Waals surface area contributed by atoms with Crippen LogP contribution < -0.4 is 4.74 Å². The molecule has 1 rings (SSSR count). The standard InChI is InChI=1S/C11H13F3O3/c1-3-17-11-7(13)4-6(12)10(14)9(11)8(15)5-16-2/h4,8,15H,3,5H2,1-2H3. The van der Waals surface area contributed by atoms with Crippen LogP contribution in [0.1, 0.15) is 18.6 Å². The van der Waals surface area contributed by atoms with Crippen LogP contribution in [0.25, 0.3) is 0 Å². The van der Waals surface area contributed by atoms with Crippen LogP contribution in [0.2, 0.25) is 0 Å². The number of halogens is 3. The van der Waals surface area contributed by atoms with Gasteiger partial charge in [0.25, 0.3) is 0 Å². The highest BCUT2D eigenvalue weighted by Gasteiger charge is 2.25. The van der Waals surface area contributed by atoms with Crippen LogP contribution >= 0.6 is 0 Å². The molecule has 0 saturated carbocycles. The van der Waals surface area contributed by atoms with E-state index in [1.807, 2.05) is 0 Å². The van der Waals surface area contributed by atoms with Crippen LogP contribution in [0.4, 0.5) is 13.2 Å². The number of hydrogen-bond acceptors (Lipinski definition) is 3. The lowest BCUT2D eigenvalue weighted by atomic mass is 10.1. The molecule has 0 spiro atoms. The minimum absolute atomic E-state index is 0.0642. The van der Waals surface area contributed by atoms with E-state index in [1.165, 1.54) is 7.11 Å². The first-order valence-corrected chi connectivity index (χ1v) is 5.00. The Labute approximate surface area is 96.8 Å². The molecular formula is C11H13F3O3. The molecule has 1 aromatic rings. The topological polar surface area (TPSA) is 38.7 Å². The first kappa shape index (κ1) is 13.8. The SMILES string of the molecule is CCOc1c(F)cc(F)c(F)c1C(O)COC. The smallest absolute Gasteiger partial charge is 0.168 e. The van der Waals surface area contributed by atoms with Crippen molar-refractivity contribution in [2.45, 2.75) is 13.0 Å². The van der Waals surface area contributed by atoms with Crippen molar-refractivity contribution in [1.82, 2.24) is 0 Å². The molecule has 17 heavy (non-hydrogen) atoms. The van der Waals surface area contributed by atoms with Crippen LogP contribution in [-0.2, 0) is 4.74 Å². The predicted molar refractivity (Wildman–Crippen MR) is 54.3 cm³/mol. The summed E-state index contributed by atoms with van der Waals surface area (Å²) in [5.41, 5.74) is -0.564. The molecule has 0 fully saturated rings. The van der Waals surface area contributed by atoms with E-state index in [9.17, 15) is 18.3 Å². The summed E-state index contributed by atoms with van der Waals surface area (Å²) in [5.74, 6) is -4.26. The zero-order valence-electron chi connectivity index (χ0n) is 9.47. The number of ether oxygens (including phenoxy) is 2. The van der Waals surface area contributed by atoms with E-state index >= 15 is 0 Å². The van der Waals surface area contributed by atoms with Gasteiger partial charge in [-0.3, -0.25) is 0 Å². The number of aliphatic hydroxyl groups is 1. The largest absolute Gasteiger partial charge is 0.490 e. The Hall–Kier alpha value is -1.27. The van der Waals surface area contributed by atoms with Gasteiger partial charge in [-0.05, 0) is 6.92 Å². The molecule has 1 aromatic carbocycles. The average Bonchev–Trinajstić information content (AvgIpc) is 2.26. The van der Waals surface area contributed by atoms with Gasteiger partial charge in [-0.15, -0.1) is 0 Å². The summed E-state index contributed by atoms with van der Waals surface area (Å²) >= 11 is 0. The lowest BCUT2D eigenvalue weighted by Gasteiger charge is -2.16. The molecule has 0 saturated heterocycles. The molecule has 1 unspecified atom stereocenters. The lowest BCUT2D eigenvalue weighted by Crippen LogP contribution is -2.13. The van der Waals surface area contributed by atoms with Gasteiger partial charge in [-0.1, -0.05) is 0 Å². The van der Waals surface area contributed by atoms with Crippen LogP contribution in [0.5, 0.6) is 5.75 Å². The highest BCUT2D eigenvalue weighted by molar-refractivity contribution is 5.38. The van der Waals surface area contributed by atoms with Crippen LogP contribution in [0.3, 0.4) is 0 Å². The second-order valence-corrected chi connectivity index (χ2v) is 3.30. The lowest BCUT2D eigenvalue weighted by molar-refractivity contribution is 0.0589. The van der Waals surface area contributed by atoms with E-state index in [0.717, 1.165) is 0 Å². The molecule has 0 amide bonds. The van der Waals surface area contributed by atoms with Gasteiger partial charge in [-0.2, -0.15) is 0 Å². The Morgan fingerprint density at radius 2 is 1.94 bits per heavy atom. The highest BCUT2D eigenvalue weighted by atomic mass is 19.2. The maximum Gasteiger partial charge on any atom is 0.168 e. The molecule has 96 valence electrons. The minimum Gasteiger partial charge on any atom is -0.490 e. The summed E-state index contributed by atoms with van der Waals surface area (Å²) in [6.45, 7) is 1.34. The van der Waals surface area contributed by atoms with E-state index in [-0.39, 0.29) is 13.2 Å². The third-order valence-corrected chi connectivity index (χ3v) is 2.11. The van der Waals surface area contributed by atoms with Crippen molar-refractivity contribution < 1.29 is 27.8 Å². The highest BCUT2D eigenvalue weighted by Crippen LogP contribution is 2.32.